The van der Waals surface area contributed by atoms with Gasteiger partial charge in [0.05, 0.1) is 12.3 Å². The normalized spacial score (nSPS) is 22.7. The number of aliphatic hydroxyl groups is 1. The van der Waals surface area contributed by atoms with Crippen LogP contribution >= 0.6 is 0 Å². The van der Waals surface area contributed by atoms with E-state index in [1.165, 1.54) is 0 Å². The van der Waals surface area contributed by atoms with E-state index in [-0.39, 0.29) is 24.1 Å². The first kappa shape index (κ1) is 17.5. The largest absolute Gasteiger partial charge is 0.396 e. The average molecular weight is 342 g/mol. The lowest BCUT2D eigenvalue weighted by atomic mass is 9.86. The fraction of sp³-hybridized carbons (Fsp3) is 0.474. The molecule has 1 aromatic carbocycles. The number of hydrogen-bond donors (Lipinski definition) is 3. The summed E-state index contributed by atoms with van der Waals surface area (Å²) in [5.74, 6) is 0. The molecule has 2 unspecified atom stereocenters. The summed E-state index contributed by atoms with van der Waals surface area (Å²) in [6, 6.07) is 9.93. The van der Waals surface area contributed by atoms with Gasteiger partial charge in [0.1, 0.15) is 0 Å². The van der Waals surface area contributed by atoms with Gasteiger partial charge in [-0.05, 0) is 43.0 Å². The summed E-state index contributed by atoms with van der Waals surface area (Å²) in [4.78, 5) is 12.1. The quantitative estimate of drug-likeness (QED) is 0.753. The molecule has 2 atom stereocenters. The molecule has 1 aromatic heterocycles. The van der Waals surface area contributed by atoms with Crippen LogP contribution in [-0.2, 0) is 6.42 Å². The Morgan fingerprint density at radius 1 is 1.40 bits per heavy atom. The number of nitrogens with zero attached hydrogens (tertiary/aromatic N) is 2. The zero-order valence-corrected chi connectivity index (χ0v) is 14.6. The molecule has 3 rings (SSSR count). The second-order valence-corrected chi connectivity index (χ2v) is 7.02. The third-order valence-corrected chi connectivity index (χ3v) is 5.15. The van der Waals surface area contributed by atoms with Gasteiger partial charge in [-0.25, -0.2) is 9.48 Å². The van der Waals surface area contributed by atoms with Crippen molar-refractivity contribution in [2.45, 2.75) is 38.6 Å². The number of rotatable bonds is 6. The summed E-state index contributed by atoms with van der Waals surface area (Å²) in [6.45, 7) is 2.72. The molecule has 0 radical (unpaired) electrons. The highest BCUT2D eigenvalue weighted by Crippen LogP contribution is 2.37. The van der Waals surface area contributed by atoms with E-state index in [0.29, 0.717) is 6.54 Å². The van der Waals surface area contributed by atoms with Gasteiger partial charge in [0.25, 0.3) is 0 Å². The summed E-state index contributed by atoms with van der Waals surface area (Å²) < 4.78 is 1.81. The zero-order chi connectivity index (χ0) is 17.7. The number of carbonyl (C=O) groups excluding carboxylic acids is 1. The minimum atomic E-state index is -0.195. The summed E-state index contributed by atoms with van der Waals surface area (Å²) in [7, 11) is 0. The maximum absolute atomic E-state index is 12.1. The number of nitrogens with one attached hydrogen (secondary N) is 2. The van der Waals surface area contributed by atoms with Gasteiger partial charge in [0, 0.05) is 30.4 Å². The lowest BCUT2D eigenvalue weighted by Crippen LogP contribution is -2.48. The van der Waals surface area contributed by atoms with Crippen LogP contribution in [0.3, 0.4) is 0 Å². The van der Waals surface area contributed by atoms with Gasteiger partial charge in [-0.2, -0.15) is 5.10 Å². The molecule has 0 bridgehead atoms. The lowest BCUT2D eigenvalue weighted by Gasteiger charge is -2.30. The molecular formula is C19H26N4O2. The molecule has 1 aliphatic carbocycles. The average Bonchev–Trinajstić information content (AvgIpc) is 3.27. The van der Waals surface area contributed by atoms with E-state index in [2.05, 4.69) is 27.9 Å². The predicted octanol–water partition coefficient (Wildman–Crippen LogP) is 2.27. The molecule has 1 heterocycles. The molecule has 6 nitrogen and oxygen atoms in total. The molecule has 2 aromatic rings. The lowest BCUT2D eigenvalue weighted by molar-refractivity contribution is 0.121. The minimum absolute atomic E-state index is 0.0471. The van der Waals surface area contributed by atoms with Crippen molar-refractivity contribution in [3.63, 3.8) is 0 Å². The number of urea groups is 1. The Bertz CT molecular complexity index is 684. The SMILES string of the molecule is CC1(CO)CCCC1NC(=O)NCCc1ccc(-n2cccn2)cc1. The van der Waals surface area contributed by atoms with Crippen molar-refractivity contribution < 1.29 is 9.90 Å². The number of hydrogen-bond acceptors (Lipinski definition) is 3. The first-order chi connectivity index (χ1) is 12.1. The maximum atomic E-state index is 12.1. The predicted molar refractivity (Wildman–Crippen MR) is 96.6 cm³/mol. The highest BCUT2D eigenvalue weighted by molar-refractivity contribution is 5.74. The van der Waals surface area contributed by atoms with Crippen molar-refractivity contribution in [2.75, 3.05) is 13.2 Å². The van der Waals surface area contributed by atoms with E-state index >= 15 is 0 Å². The monoisotopic (exact) mass is 342 g/mol. The Balaban J connectivity index is 1.44. The maximum Gasteiger partial charge on any atom is 0.315 e. The fourth-order valence-corrected chi connectivity index (χ4v) is 3.43. The molecule has 134 valence electrons. The van der Waals surface area contributed by atoms with Crippen LogP contribution in [0.5, 0.6) is 0 Å². The zero-order valence-electron chi connectivity index (χ0n) is 14.6. The van der Waals surface area contributed by atoms with Gasteiger partial charge in [0.15, 0.2) is 0 Å². The standard InChI is InChI=1S/C19H26N4O2/c1-19(14-24)10-2-4-17(19)22-18(25)20-12-9-15-5-7-16(8-6-15)23-13-3-11-21-23/h3,5-8,11,13,17,24H,2,4,9-10,12,14H2,1H3,(H2,20,22,25). The van der Waals surface area contributed by atoms with E-state index in [1.807, 2.05) is 36.0 Å². The van der Waals surface area contributed by atoms with E-state index in [1.54, 1.807) is 6.20 Å². The molecule has 0 saturated heterocycles. The van der Waals surface area contributed by atoms with Gasteiger partial charge >= 0.3 is 6.03 Å². The minimum Gasteiger partial charge on any atom is -0.396 e. The highest BCUT2D eigenvalue weighted by Gasteiger charge is 2.38. The smallest absolute Gasteiger partial charge is 0.315 e. The summed E-state index contributed by atoms with van der Waals surface area (Å²) in [5, 5.41) is 19.7. The number of aromatic nitrogens is 2. The summed E-state index contributed by atoms with van der Waals surface area (Å²) >= 11 is 0. The topological polar surface area (TPSA) is 79.2 Å². The van der Waals surface area contributed by atoms with Gasteiger partial charge in [-0.15, -0.1) is 0 Å². The molecule has 1 fully saturated rings. The van der Waals surface area contributed by atoms with Crippen LogP contribution in [0.15, 0.2) is 42.7 Å². The Labute approximate surface area is 148 Å². The molecule has 0 aliphatic heterocycles. The van der Waals surface area contributed by atoms with Crippen LogP contribution in [0.4, 0.5) is 4.79 Å². The Kier molecular flexibility index (Phi) is 5.38. The van der Waals surface area contributed by atoms with Gasteiger partial charge in [-0.3, -0.25) is 0 Å². The van der Waals surface area contributed by atoms with Crippen LogP contribution in [0, 0.1) is 5.41 Å². The van der Waals surface area contributed by atoms with E-state index in [0.717, 1.165) is 36.9 Å². The molecule has 6 heteroatoms. The molecule has 0 spiro atoms. The van der Waals surface area contributed by atoms with Crippen molar-refractivity contribution in [2.24, 2.45) is 5.41 Å². The first-order valence-corrected chi connectivity index (χ1v) is 8.85. The van der Waals surface area contributed by atoms with Crippen molar-refractivity contribution in [3.05, 3.63) is 48.3 Å². The number of aliphatic hydroxyl groups excluding tert-OH is 1. The molecule has 3 N–H and O–H groups in total. The molecule has 1 saturated carbocycles. The van der Waals surface area contributed by atoms with Crippen molar-refractivity contribution in [1.82, 2.24) is 20.4 Å². The third kappa shape index (κ3) is 4.20. The Morgan fingerprint density at radius 2 is 2.20 bits per heavy atom. The Hall–Kier alpha value is -2.34. The fourth-order valence-electron chi connectivity index (χ4n) is 3.43. The van der Waals surface area contributed by atoms with Crippen molar-refractivity contribution in [1.29, 1.82) is 0 Å². The third-order valence-electron chi connectivity index (χ3n) is 5.15. The summed E-state index contributed by atoms with van der Waals surface area (Å²) in [5.41, 5.74) is 1.99. The van der Waals surface area contributed by atoms with E-state index in [9.17, 15) is 9.90 Å². The molecule has 25 heavy (non-hydrogen) atoms. The van der Waals surface area contributed by atoms with Gasteiger partial charge < -0.3 is 15.7 Å². The van der Waals surface area contributed by atoms with Crippen LogP contribution in [0.2, 0.25) is 0 Å². The van der Waals surface area contributed by atoms with Crippen molar-refractivity contribution in [3.8, 4) is 5.69 Å². The molecule has 1 aliphatic rings. The molecule has 2 amide bonds. The van der Waals surface area contributed by atoms with Gasteiger partial charge in [0.2, 0.25) is 0 Å². The summed E-state index contributed by atoms with van der Waals surface area (Å²) in [6.07, 6.45) is 7.36. The highest BCUT2D eigenvalue weighted by atomic mass is 16.3. The second-order valence-electron chi connectivity index (χ2n) is 7.02. The van der Waals surface area contributed by atoms with E-state index in [4.69, 9.17) is 0 Å². The molecular weight excluding hydrogens is 316 g/mol. The van der Waals surface area contributed by atoms with E-state index < -0.39 is 0 Å². The number of carbonyl (C=O) groups is 1. The second kappa shape index (κ2) is 7.70. The van der Waals surface area contributed by atoms with Crippen LogP contribution < -0.4 is 10.6 Å². The van der Waals surface area contributed by atoms with Crippen LogP contribution in [0.25, 0.3) is 5.69 Å². The Morgan fingerprint density at radius 3 is 2.88 bits per heavy atom. The van der Waals surface area contributed by atoms with Crippen molar-refractivity contribution >= 4 is 6.03 Å². The van der Waals surface area contributed by atoms with Crippen LogP contribution in [0.1, 0.15) is 31.7 Å². The first-order valence-electron chi connectivity index (χ1n) is 8.85. The number of benzene rings is 1. The van der Waals surface area contributed by atoms with Crippen LogP contribution in [-0.4, -0.2) is 40.1 Å². The number of amides is 2. The van der Waals surface area contributed by atoms with Gasteiger partial charge in [-0.1, -0.05) is 25.5 Å².